The van der Waals surface area contributed by atoms with Crippen molar-refractivity contribution >= 4 is 29.3 Å². The Balaban J connectivity index is 1.56. The fraction of sp³-hybridized carbons (Fsp3) is 0.269. The van der Waals surface area contributed by atoms with Gasteiger partial charge in [0.2, 0.25) is 0 Å². The molecule has 1 atom stereocenters. The summed E-state index contributed by atoms with van der Waals surface area (Å²) >= 11 is 4.44. The number of nitrogens with zero attached hydrogens (tertiary/aromatic N) is 4. The second-order valence-electron chi connectivity index (χ2n) is 8.54. The molecule has 1 aliphatic rings. The van der Waals surface area contributed by atoms with E-state index >= 15 is 0 Å². The van der Waals surface area contributed by atoms with E-state index in [1.165, 1.54) is 5.56 Å². The van der Waals surface area contributed by atoms with Gasteiger partial charge in [0, 0.05) is 40.9 Å². The predicted octanol–water partition coefficient (Wildman–Crippen LogP) is 5.48. The summed E-state index contributed by atoms with van der Waals surface area (Å²) < 4.78 is 0. The van der Waals surface area contributed by atoms with Gasteiger partial charge in [0.15, 0.2) is 0 Å². The largest absolute Gasteiger partial charge is 0.378 e. The van der Waals surface area contributed by atoms with Crippen molar-refractivity contribution in [3.05, 3.63) is 78.9 Å². The number of pyridine rings is 1. The zero-order valence-corrected chi connectivity index (χ0v) is 19.0. The second-order valence-corrected chi connectivity index (χ2v) is 9.06. The number of hydrogen-bond acceptors (Lipinski definition) is 6. The predicted molar refractivity (Wildman–Crippen MR) is 133 cm³/mol. The van der Waals surface area contributed by atoms with Crippen LogP contribution in [-0.2, 0) is 0 Å². The SMILES string of the molecule is CN1CCC(C(Nc2cc(-c3ccc(S)cc3)c3nccnc3c2)c2cccnc2)CC1. The van der Waals surface area contributed by atoms with E-state index < -0.39 is 0 Å². The van der Waals surface area contributed by atoms with Crippen molar-refractivity contribution in [2.45, 2.75) is 23.8 Å². The highest BCUT2D eigenvalue weighted by atomic mass is 32.1. The molecule has 2 aromatic heterocycles. The zero-order valence-electron chi connectivity index (χ0n) is 18.1. The maximum atomic E-state index is 4.63. The van der Waals surface area contributed by atoms with Crippen molar-refractivity contribution in [3.63, 3.8) is 0 Å². The summed E-state index contributed by atoms with van der Waals surface area (Å²) in [7, 11) is 2.20. The topological polar surface area (TPSA) is 53.9 Å². The number of likely N-dealkylation sites (tertiary alicyclic amines) is 1. The van der Waals surface area contributed by atoms with Crippen LogP contribution in [0, 0.1) is 5.92 Å². The molecule has 3 heterocycles. The molecule has 0 amide bonds. The molecule has 2 aromatic carbocycles. The quantitative estimate of drug-likeness (QED) is 0.402. The lowest BCUT2D eigenvalue weighted by Gasteiger charge is -2.35. The van der Waals surface area contributed by atoms with Gasteiger partial charge in [-0.05, 0) is 80.4 Å². The van der Waals surface area contributed by atoms with Crippen molar-refractivity contribution < 1.29 is 0 Å². The van der Waals surface area contributed by atoms with Crippen LogP contribution >= 0.6 is 12.6 Å². The smallest absolute Gasteiger partial charge is 0.0966 e. The van der Waals surface area contributed by atoms with Gasteiger partial charge in [-0.1, -0.05) is 18.2 Å². The van der Waals surface area contributed by atoms with Crippen LogP contribution in [0.2, 0.25) is 0 Å². The average molecular weight is 442 g/mol. The molecule has 162 valence electrons. The molecule has 0 spiro atoms. The molecular formula is C26H27N5S. The molecule has 1 unspecified atom stereocenters. The highest BCUT2D eigenvalue weighted by molar-refractivity contribution is 7.80. The lowest BCUT2D eigenvalue weighted by atomic mass is 9.85. The molecular weight excluding hydrogens is 414 g/mol. The van der Waals surface area contributed by atoms with Gasteiger partial charge in [0.1, 0.15) is 0 Å². The van der Waals surface area contributed by atoms with Crippen molar-refractivity contribution in [2.75, 3.05) is 25.5 Å². The first-order valence-electron chi connectivity index (χ1n) is 11.1. The summed E-state index contributed by atoms with van der Waals surface area (Å²) in [6.45, 7) is 2.24. The molecule has 5 rings (SSSR count). The minimum absolute atomic E-state index is 0.194. The Morgan fingerprint density at radius 3 is 2.53 bits per heavy atom. The fourth-order valence-corrected chi connectivity index (χ4v) is 4.74. The van der Waals surface area contributed by atoms with Gasteiger partial charge in [-0.2, -0.15) is 0 Å². The number of piperidine rings is 1. The highest BCUT2D eigenvalue weighted by Crippen LogP contribution is 2.36. The molecule has 1 saturated heterocycles. The maximum Gasteiger partial charge on any atom is 0.0966 e. The maximum absolute atomic E-state index is 4.63. The summed E-state index contributed by atoms with van der Waals surface area (Å²) in [5.41, 5.74) is 6.24. The first-order valence-corrected chi connectivity index (χ1v) is 11.5. The third kappa shape index (κ3) is 4.47. The normalized spacial score (nSPS) is 16.2. The van der Waals surface area contributed by atoms with E-state index in [0.29, 0.717) is 5.92 Å². The zero-order chi connectivity index (χ0) is 21.9. The molecule has 1 fully saturated rings. The minimum Gasteiger partial charge on any atom is -0.378 e. The number of fused-ring (bicyclic) bond motifs is 1. The fourth-order valence-electron chi connectivity index (χ4n) is 4.59. The van der Waals surface area contributed by atoms with Gasteiger partial charge in [-0.15, -0.1) is 12.6 Å². The Bertz CT molecular complexity index is 1190. The monoisotopic (exact) mass is 441 g/mol. The Kier molecular flexibility index (Phi) is 6.06. The molecule has 0 bridgehead atoms. The van der Waals surface area contributed by atoms with Crippen LogP contribution in [0.25, 0.3) is 22.2 Å². The molecule has 0 saturated carbocycles. The Morgan fingerprint density at radius 2 is 1.78 bits per heavy atom. The van der Waals surface area contributed by atoms with E-state index in [-0.39, 0.29) is 6.04 Å². The van der Waals surface area contributed by atoms with Crippen LogP contribution in [0.4, 0.5) is 5.69 Å². The highest BCUT2D eigenvalue weighted by Gasteiger charge is 2.27. The van der Waals surface area contributed by atoms with Gasteiger partial charge >= 0.3 is 0 Å². The van der Waals surface area contributed by atoms with Crippen molar-refractivity contribution in [1.82, 2.24) is 19.9 Å². The number of anilines is 1. The molecule has 0 aliphatic carbocycles. The Labute approximate surface area is 194 Å². The van der Waals surface area contributed by atoms with Gasteiger partial charge in [0.25, 0.3) is 0 Å². The van der Waals surface area contributed by atoms with Gasteiger partial charge in [0.05, 0.1) is 17.1 Å². The molecule has 0 radical (unpaired) electrons. The molecule has 32 heavy (non-hydrogen) atoms. The average Bonchev–Trinajstić information content (AvgIpc) is 2.84. The molecule has 1 aliphatic heterocycles. The molecule has 4 aromatic rings. The number of aromatic nitrogens is 3. The standard InChI is InChI=1S/C26H27N5S/c1-31-13-8-19(9-14-31)25(20-3-2-10-27-17-20)30-21-15-23(18-4-6-22(32)7-5-18)26-24(16-21)28-11-12-29-26/h2-7,10-12,15-17,19,25,30,32H,8-9,13-14H2,1H3. The van der Waals surface area contributed by atoms with Crippen molar-refractivity contribution in [3.8, 4) is 11.1 Å². The summed E-state index contributed by atoms with van der Waals surface area (Å²) in [4.78, 5) is 17.0. The molecule has 6 heteroatoms. The van der Waals surface area contributed by atoms with E-state index in [4.69, 9.17) is 0 Å². The van der Waals surface area contributed by atoms with Crippen LogP contribution in [0.1, 0.15) is 24.4 Å². The number of rotatable bonds is 5. The van der Waals surface area contributed by atoms with Crippen LogP contribution in [-0.4, -0.2) is 40.0 Å². The van der Waals surface area contributed by atoms with Crippen molar-refractivity contribution in [1.29, 1.82) is 0 Å². The third-order valence-electron chi connectivity index (χ3n) is 6.35. The summed E-state index contributed by atoms with van der Waals surface area (Å²) in [6.07, 6.45) is 9.65. The molecule has 1 N–H and O–H groups in total. The number of thiol groups is 1. The van der Waals surface area contributed by atoms with Crippen LogP contribution in [0.3, 0.4) is 0 Å². The van der Waals surface area contributed by atoms with E-state index in [9.17, 15) is 0 Å². The Hall–Kier alpha value is -2.96. The summed E-state index contributed by atoms with van der Waals surface area (Å²) in [5, 5.41) is 3.85. The van der Waals surface area contributed by atoms with Gasteiger partial charge in [-0.25, -0.2) is 0 Å². The number of nitrogens with one attached hydrogen (secondary N) is 1. The van der Waals surface area contributed by atoms with E-state index in [1.54, 1.807) is 12.4 Å². The first-order chi connectivity index (χ1) is 15.7. The van der Waals surface area contributed by atoms with Crippen LogP contribution in [0.15, 0.2) is 78.2 Å². The molecule has 5 nitrogen and oxygen atoms in total. The number of benzene rings is 2. The van der Waals surface area contributed by atoms with E-state index in [1.807, 2.05) is 30.6 Å². The van der Waals surface area contributed by atoms with Crippen LogP contribution in [0.5, 0.6) is 0 Å². The van der Waals surface area contributed by atoms with Crippen LogP contribution < -0.4 is 5.32 Å². The second kappa shape index (κ2) is 9.27. The first kappa shape index (κ1) is 20.9. The lowest BCUT2D eigenvalue weighted by molar-refractivity contribution is 0.204. The van der Waals surface area contributed by atoms with E-state index in [0.717, 1.165) is 58.7 Å². The third-order valence-corrected chi connectivity index (χ3v) is 6.65. The Morgan fingerprint density at radius 1 is 1.00 bits per heavy atom. The van der Waals surface area contributed by atoms with Crippen molar-refractivity contribution in [2.24, 2.45) is 5.92 Å². The number of hydrogen-bond donors (Lipinski definition) is 2. The minimum atomic E-state index is 0.194. The summed E-state index contributed by atoms with van der Waals surface area (Å²) in [5.74, 6) is 0.542. The van der Waals surface area contributed by atoms with E-state index in [2.05, 4.69) is 75.2 Å². The summed E-state index contributed by atoms with van der Waals surface area (Å²) in [6, 6.07) is 16.9. The lowest BCUT2D eigenvalue weighted by Crippen LogP contribution is -2.34. The van der Waals surface area contributed by atoms with Gasteiger partial charge in [-0.3, -0.25) is 15.0 Å². The van der Waals surface area contributed by atoms with Gasteiger partial charge < -0.3 is 10.2 Å².